The number of benzene rings is 1. The number of carbonyl (C=O) groups is 1. The first-order valence-corrected chi connectivity index (χ1v) is 8.64. The van der Waals surface area contributed by atoms with Crippen LogP contribution >= 0.6 is 0 Å². The standard InChI is InChI=1S/C15H11F3N4O3S/c16-15(17,18)13-5-7-22(20-13)9-14(23)21-26(24,25)12-3-1-2-10-8-19-6-4-11(10)12/h1-8H,9H2,(H,21,23). The minimum Gasteiger partial charge on any atom is -0.272 e. The van der Waals surface area contributed by atoms with Crippen molar-refractivity contribution in [3.8, 4) is 0 Å². The molecule has 0 radical (unpaired) electrons. The summed E-state index contributed by atoms with van der Waals surface area (Å²) in [6, 6.07) is 6.64. The van der Waals surface area contributed by atoms with E-state index in [2.05, 4.69) is 10.1 Å². The number of nitrogens with one attached hydrogen (secondary N) is 1. The second kappa shape index (κ2) is 6.41. The monoisotopic (exact) mass is 384 g/mol. The van der Waals surface area contributed by atoms with E-state index >= 15 is 0 Å². The first-order chi connectivity index (χ1) is 12.2. The maximum absolute atomic E-state index is 12.5. The molecule has 3 aromatic rings. The summed E-state index contributed by atoms with van der Waals surface area (Å²) in [6.07, 6.45) is -0.826. The fourth-order valence-electron chi connectivity index (χ4n) is 2.31. The van der Waals surface area contributed by atoms with E-state index in [9.17, 15) is 26.4 Å². The maximum atomic E-state index is 12.5. The highest BCUT2D eigenvalue weighted by atomic mass is 32.2. The van der Waals surface area contributed by atoms with Crippen LogP contribution in [0.3, 0.4) is 0 Å². The summed E-state index contributed by atoms with van der Waals surface area (Å²) < 4.78 is 64.9. The lowest BCUT2D eigenvalue weighted by molar-refractivity contribution is -0.141. The van der Waals surface area contributed by atoms with Gasteiger partial charge in [-0.25, -0.2) is 13.1 Å². The number of rotatable bonds is 4. The molecule has 7 nitrogen and oxygen atoms in total. The van der Waals surface area contributed by atoms with Gasteiger partial charge in [0, 0.05) is 29.4 Å². The van der Waals surface area contributed by atoms with Crippen LogP contribution in [0.2, 0.25) is 0 Å². The molecule has 136 valence electrons. The number of hydrogen-bond acceptors (Lipinski definition) is 5. The lowest BCUT2D eigenvalue weighted by Gasteiger charge is -2.09. The summed E-state index contributed by atoms with van der Waals surface area (Å²) in [4.78, 5) is 15.7. The lowest BCUT2D eigenvalue weighted by atomic mass is 10.2. The zero-order valence-electron chi connectivity index (χ0n) is 12.9. The highest BCUT2D eigenvalue weighted by Gasteiger charge is 2.33. The largest absolute Gasteiger partial charge is 0.435 e. The number of aromatic nitrogens is 3. The molecule has 0 aliphatic carbocycles. The Morgan fingerprint density at radius 2 is 1.96 bits per heavy atom. The van der Waals surface area contributed by atoms with Crippen molar-refractivity contribution in [1.29, 1.82) is 0 Å². The van der Waals surface area contributed by atoms with E-state index in [0.29, 0.717) is 21.5 Å². The van der Waals surface area contributed by atoms with Crippen molar-refractivity contribution in [1.82, 2.24) is 19.5 Å². The summed E-state index contributed by atoms with van der Waals surface area (Å²) in [6.45, 7) is -0.679. The van der Waals surface area contributed by atoms with Gasteiger partial charge in [-0.05, 0) is 18.2 Å². The molecule has 0 unspecified atom stereocenters. The average molecular weight is 384 g/mol. The van der Waals surface area contributed by atoms with Gasteiger partial charge in [-0.15, -0.1) is 0 Å². The molecule has 0 aliphatic rings. The number of carbonyl (C=O) groups excluding carboxylic acids is 1. The molecule has 2 aromatic heterocycles. The Morgan fingerprint density at radius 3 is 2.65 bits per heavy atom. The Bertz CT molecular complexity index is 1070. The summed E-state index contributed by atoms with van der Waals surface area (Å²) in [5, 5.41) is 4.12. The Morgan fingerprint density at radius 1 is 1.19 bits per heavy atom. The van der Waals surface area contributed by atoms with Crippen molar-refractivity contribution < 1.29 is 26.4 Å². The van der Waals surface area contributed by atoms with E-state index in [1.165, 1.54) is 30.6 Å². The van der Waals surface area contributed by atoms with Gasteiger partial charge >= 0.3 is 6.18 Å². The Hall–Kier alpha value is -2.95. The van der Waals surface area contributed by atoms with E-state index < -0.39 is 34.3 Å². The van der Waals surface area contributed by atoms with Crippen molar-refractivity contribution >= 4 is 26.7 Å². The molecule has 1 aromatic carbocycles. The minimum atomic E-state index is -4.65. The highest BCUT2D eigenvalue weighted by Crippen LogP contribution is 2.27. The van der Waals surface area contributed by atoms with Crippen molar-refractivity contribution in [3.05, 3.63) is 54.6 Å². The van der Waals surface area contributed by atoms with Gasteiger partial charge < -0.3 is 0 Å². The molecule has 11 heteroatoms. The van der Waals surface area contributed by atoms with Gasteiger partial charge in [0.1, 0.15) is 6.54 Å². The van der Waals surface area contributed by atoms with Crippen LogP contribution in [0, 0.1) is 0 Å². The number of pyridine rings is 1. The van der Waals surface area contributed by atoms with Crippen LogP contribution in [-0.4, -0.2) is 29.1 Å². The molecule has 2 heterocycles. The smallest absolute Gasteiger partial charge is 0.272 e. The van der Waals surface area contributed by atoms with E-state index in [-0.39, 0.29) is 4.90 Å². The van der Waals surface area contributed by atoms with Crippen LogP contribution in [0.4, 0.5) is 13.2 Å². The summed E-state index contributed by atoms with van der Waals surface area (Å²) in [5.41, 5.74) is -1.17. The maximum Gasteiger partial charge on any atom is 0.435 e. The van der Waals surface area contributed by atoms with Crippen LogP contribution in [0.25, 0.3) is 10.8 Å². The third kappa shape index (κ3) is 3.67. The topological polar surface area (TPSA) is 94.0 Å². The second-order valence-electron chi connectivity index (χ2n) is 5.28. The number of amides is 1. The molecule has 1 N–H and O–H groups in total. The molecule has 1 amide bonds. The zero-order valence-corrected chi connectivity index (χ0v) is 13.8. The number of nitrogens with zero attached hydrogens (tertiary/aromatic N) is 3. The number of sulfonamides is 1. The van der Waals surface area contributed by atoms with E-state index in [0.717, 1.165) is 6.20 Å². The normalized spacial score (nSPS) is 12.3. The zero-order chi connectivity index (χ0) is 18.9. The molecule has 0 bridgehead atoms. The van der Waals surface area contributed by atoms with E-state index in [1.807, 2.05) is 4.72 Å². The molecule has 0 spiro atoms. The van der Waals surface area contributed by atoms with Crippen LogP contribution in [0.5, 0.6) is 0 Å². The van der Waals surface area contributed by atoms with Gasteiger partial charge in [0.25, 0.3) is 15.9 Å². The van der Waals surface area contributed by atoms with Crippen molar-refractivity contribution in [2.75, 3.05) is 0 Å². The van der Waals surface area contributed by atoms with Gasteiger partial charge in [0.2, 0.25) is 0 Å². The highest BCUT2D eigenvalue weighted by molar-refractivity contribution is 7.90. The Kier molecular flexibility index (Phi) is 4.40. The first kappa shape index (κ1) is 17.9. The van der Waals surface area contributed by atoms with Gasteiger partial charge in [-0.2, -0.15) is 18.3 Å². The summed E-state index contributed by atoms with van der Waals surface area (Å²) in [7, 11) is -4.22. The Labute approximate surface area is 145 Å². The van der Waals surface area contributed by atoms with E-state index in [4.69, 9.17) is 0 Å². The number of halogens is 3. The molecule has 0 saturated heterocycles. The van der Waals surface area contributed by atoms with Gasteiger partial charge in [-0.1, -0.05) is 12.1 Å². The molecule has 0 fully saturated rings. The minimum absolute atomic E-state index is 0.137. The number of hydrogen-bond donors (Lipinski definition) is 1. The average Bonchev–Trinajstić information content (AvgIpc) is 3.02. The van der Waals surface area contributed by atoms with Crippen LogP contribution in [-0.2, 0) is 27.5 Å². The fraction of sp³-hybridized carbons (Fsp3) is 0.133. The van der Waals surface area contributed by atoms with Gasteiger partial charge in [0.05, 0.1) is 4.90 Å². The van der Waals surface area contributed by atoms with Crippen LogP contribution in [0.15, 0.2) is 53.8 Å². The SMILES string of the molecule is O=C(Cn1ccc(C(F)(F)F)n1)NS(=O)(=O)c1cccc2cnccc12. The number of alkyl halides is 3. The molecule has 0 saturated carbocycles. The molecule has 26 heavy (non-hydrogen) atoms. The first-order valence-electron chi connectivity index (χ1n) is 7.16. The third-order valence-corrected chi connectivity index (χ3v) is 4.85. The summed E-state index contributed by atoms with van der Waals surface area (Å²) >= 11 is 0. The van der Waals surface area contributed by atoms with Gasteiger partial charge in [-0.3, -0.25) is 14.5 Å². The van der Waals surface area contributed by atoms with Crippen molar-refractivity contribution in [2.24, 2.45) is 0 Å². The van der Waals surface area contributed by atoms with Crippen LogP contribution < -0.4 is 4.72 Å². The molecular weight excluding hydrogens is 373 g/mol. The van der Waals surface area contributed by atoms with E-state index in [1.54, 1.807) is 6.07 Å². The fourth-order valence-corrected chi connectivity index (χ4v) is 3.52. The predicted molar refractivity (Wildman–Crippen MR) is 84.3 cm³/mol. The third-order valence-electron chi connectivity index (χ3n) is 3.42. The predicted octanol–water partition coefficient (Wildman–Crippen LogP) is 1.96. The second-order valence-corrected chi connectivity index (χ2v) is 6.93. The molecule has 0 aliphatic heterocycles. The lowest BCUT2D eigenvalue weighted by Crippen LogP contribution is -2.33. The van der Waals surface area contributed by atoms with Crippen LogP contribution in [0.1, 0.15) is 5.69 Å². The van der Waals surface area contributed by atoms with Crippen molar-refractivity contribution in [3.63, 3.8) is 0 Å². The van der Waals surface area contributed by atoms with Gasteiger partial charge in [0.15, 0.2) is 5.69 Å². The molecular formula is C15H11F3N4O3S. The quantitative estimate of drug-likeness (QED) is 0.742. The van der Waals surface area contributed by atoms with Crippen molar-refractivity contribution in [2.45, 2.75) is 17.6 Å². The summed E-state index contributed by atoms with van der Waals surface area (Å²) in [5.74, 6) is -1.02. The molecule has 3 rings (SSSR count). The molecule has 0 atom stereocenters. The Balaban J connectivity index is 1.81. The number of fused-ring (bicyclic) bond motifs is 1.